The summed E-state index contributed by atoms with van der Waals surface area (Å²) in [6.07, 6.45) is 6.55. The van der Waals surface area contributed by atoms with Gasteiger partial charge in [0, 0.05) is 31.0 Å². The van der Waals surface area contributed by atoms with Gasteiger partial charge in [0.1, 0.15) is 0 Å². The number of aliphatic hydroxyl groups is 1. The first-order chi connectivity index (χ1) is 14.7. The molecule has 0 spiro atoms. The number of para-hydroxylation sites is 2. The van der Waals surface area contributed by atoms with E-state index in [4.69, 9.17) is 0 Å². The summed E-state index contributed by atoms with van der Waals surface area (Å²) in [7, 11) is 0. The first kappa shape index (κ1) is 17.7. The lowest BCUT2D eigenvalue weighted by Crippen LogP contribution is -2.36. The van der Waals surface area contributed by atoms with Crippen molar-refractivity contribution in [3.05, 3.63) is 66.7 Å². The first-order valence-corrected chi connectivity index (χ1v) is 10.5. The lowest BCUT2D eigenvalue weighted by Gasteiger charge is -2.36. The molecule has 7 heteroatoms. The summed E-state index contributed by atoms with van der Waals surface area (Å²) in [5.74, 6) is 0.795. The van der Waals surface area contributed by atoms with Gasteiger partial charge in [0.2, 0.25) is 0 Å². The van der Waals surface area contributed by atoms with Gasteiger partial charge in [-0.1, -0.05) is 12.1 Å². The number of fused-ring (bicyclic) bond motifs is 3. The normalized spacial score (nSPS) is 26.4. The van der Waals surface area contributed by atoms with Crippen LogP contribution >= 0.6 is 0 Å². The van der Waals surface area contributed by atoms with Gasteiger partial charge in [-0.3, -0.25) is 4.79 Å². The molecule has 2 fully saturated rings. The van der Waals surface area contributed by atoms with E-state index in [0.29, 0.717) is 30.4 Å². The second-order valence-electron chi connectivity index (χ2n) is 8.59. The van der Waals surface area contributed by atoms with E-state index < -0.39 is 6.10 Å². The topological polar surface area (TPSA) is 75.7 Å². The second-order valence-corrected chi connectivity index (χ2v) is 8.59. The van der Waals surface area contributed by atoms with Gasteiger partial charge < -0.3 is 14.6 Å². The van der Waals surface area contributed by atoms with Gasteiger partial charge in [0.15, 0.2) is 0 Å². The lowest BCUT2D eigenvalue weighted by molar-refractivity contribution is 0.0374. The molecule has 0 radical (unpaired) electrons. The third-order valence-electron chi connectivity index (χ3n) is 6.88. The second kappa shape index (κ2) is 6.67. The molecule has 0 bridgehead atoms. The number of aromatic nitrogens is 4. The summed E-state index contributed by atoms with van der Waals surface area (Å²) in [6.45, 7) is 1.45. The van der Waals surface area contributed by atoms with Gasteiger partial charge in [-0.15, -0.1) is 0 Å². The Kier molecular flexibility index (Phi) is 3.92. The van der Waals surface area contributed by atoms with Crippen LogP contribution in [-0.2, 0) is 0 Å². The fourth-order valence-electron chi connectivity index (χ4n) is 5.35. The molecule has 3 aromatic heterocycles. The molecular weight excluding hydrogens is 378 g/mol. The highest BCUT2D eigenvalue weighted by Crippen LogP contribution is 2.42. The molecule has 4 atom stereocenters. The molecule has 152 valence electrons. The molecule has 7 nitrogen and oxygen atoms in total. The maximum Gasteiger partial charge on any atom is 0.254 e. The average molecular weight is 401 g/mol. The molecule has 1 aromatic carbocycles. The summed E-state index contributed by atoms with van der Waals surface area (Å²) in [6, 6.07) is 13.7. The summed E-state index contributed by atoms with van der Waals surface area (Å²) in [5, 5.41) is 15.1. The molecule has 1 saturated heterocycles. The number of pyridine rings is 1. The molecular formula is C23H23N5O2. The molecule has 1 N–H and O–H groups in total. The predicted octanol–water partition coefficient (Wildman–Crippen LogP) is 2.77. The van der Waals surface area contributed by atoms with E-state index in [0.717, 1.165) is 29.5 Å². The SMILES string of the molecule is O=C(c1ccn2nccc2c1)N1C[C@H]2C[C@@H](n3cnc4ccccc43)[C@H](O)C[C@H]2C1. The number of benzene rings is 1. The van der Waals surface area contributed by atoms with E-state index in [1.54, 1.807) is 10.7 Å². The Morgan fingerprint density at radius 3 is 2.80 bits per heavy atom. The Morgan fingerprint density at radius 2 is 1.90 bits per heavy atom. The smallest absolute Gasteiger partial charge is 0.254 e. The van der Waals surface area contributed by atoms with Crippen molar-refractivity contribution in [3.8, 4) is 0 Å². The molecule has 1 amide bonds. The van der Waals surface area contributed by atoms with Crippen LogP contribution in [0.3, 0.4) is 0 Å². The third kappa shape index (κ3) is 2.73. The lowest BCUT2D eigenvalue weighted by atomic mass is 9.77. The maximum absolute atomic E-state index is 13.1. The molecule has 30 heavy (non-hydrogen) atoms. The molecule has 2 aliphatic rings. The predicted molar refractivity (Wildman–Crippen MR) is 112 cm³/mol. The Hall–Kier alpha value is -3.19. The fourth-order valence-corrected chi connectivity index (χ4v) is 5.35. The van der Waals surface area contributed by atoms with Gasteiger partial charge in [-0.2, -0.15) is 5.10 Å². The van der Waals surface area contributed by atoms with E-state index in [-0.39, 0.29) is 11.9 Å². The molecule has 4 heterocycles. The van der Waals surface area contributed by atoms with Gasteiger partial charge in [0.05, 0.1) is 35.0 Å². The van der Waals surface area contributed by atoms with Crippen LogP contribution in [0, 0.1) is 11.8 Å². The highest BCUT2D eigenvalue weighted by Gasteiger charge is 2.43. The van der Waals surface area contributed by atoms with Crippen LogP contribution in [0.5, 0.6) is 0 Å². The van der Waals surface area contributed by atoms with Crippen molar-refractivity contribution < 1.29 is 9.90 Å². The minimum atomic E-state index is -0.429. The van der Waals surface area contributed by atoms with Crippen molar-refractivity contribution in [3.63, 3.8) is 0 Å². The van der Waals surface area contributed by atoms with Crippen molar-refractivity contribution in [1.29, 1.82) is 0 Å². The van der Waals surface area contributed by atoms with Crippen molar-refractivity contribution in [2.75, 3.05) is 13.1 Å². The zero-order chi connectivity index (χ0) is 20.2. The number of carbonyl (C=O) groups excluding carboxylic acids is 1. The molecule has 1 aliphatic heterocycles. The zero-order valence-electron chi connectivity index (χ0n) is 16.5. The third-order valence-corrected chi connectivity index (χ3v) is 6.88. The highest BCUT2D eigenvalue weighted by atomic mass is 16.3. The number of hydrogen-bond acceptors (Lipinski definition) is 4. The molecule has 1 saturated carbocycles. The number of carbonyl (C=O) groups is 1. The summed E-state index contributed by atoms with van der Waals surface area (Å²) in [5.41, 5.74) is 3.62. The van der Waals surface area contributed by atoms with Crippen LogP contribution in [0.1, 0.15) is 29.2 Å². The number of nitrogens with zero attached hydrogens (tertiary/aromatic N) is 5. The van der Waals surface area contributed by atoms with Crippen molar-refractivity contribution in [1.82, 2.24) is 24.1 Å². The Bertz CT molecular complexity index is 1240. The monoisotopic (exact) mass is 401 g/mol. The highest BCUT2D eigenvalue weighted by molar-refractivity contribution is 5.95. The molecule has 0 unspecified atom stereocenters. The van der Waals surface area contributed by atoms with E-state index in [9.17, 15) is 9.90 Å². The van der Waals surface area contributed by atoms with E-state index >= 15 is 0 Å². The van der Waals surface area contributed by atoms with E-state index in [2.05, 4.69) is 20.7 Å². The Labute approximate surface area is 173 Å². The number of rotatable bonds is 2. The van der Waals surface area contributed by atoms with Crippen LogP contribution in [0.25, 0.3) is 16.6 Å². The zero-order valence-corrected chi connectivity index (χ0v) is 16.5. The Morgan fingerprint density at radius 1 is 1.07 bits per heavy atom. The first-order valence-electron chi connectivity index (χ1n) is 10.5. The van der Waals surface area contributed by atoms with E-state index in [1.165, 1.54) is 0 Å². The minimum Gasteiger partial charge on any atom is -0.391 e. The van der Waals surface area contributed by atoms with Gasteiger partial charge in [-0.05, 0) is 55.0 Å². The standard InChI is InChI=1S/C23H23N5O2/c29-22-11-17-13-26(23(30)15-6-8-28-18(9-15)5-7-25-28)12-16(17)10-21(22)27-14-24-19-3-1-2-4-20(19)27/h1-9,14,16-17,21-22,29H,10-13H2/t16-,17+,21-,22-/m1/s1. The number of hydrogen-bond donors (Lipinski definition) is 1. The van der Waals surface area contributed by atoms with Crippen molar-refractivity contribution in [2.45, 2.75) is 25.0 Å². The summed E-state index contributed by atoms with van der Waals surface area (Å²) < 4.78 is 3.88. The number of aliphatic hydroxyl groups excluding tert-OH is 1. The van der Waals surface area contributed by atoms with Gasteiger partial charge >= 0.3 is 0 Å². The summed E-state index contributed by atoms with van der Waals surface area (Å²) >= 11 is 0. The summed E-state index contributed by atoms with van der Waals surface area (Å²) in [4.78, 5) is 19.6. The number of likely N-dealkylation sites (tertiary alicyclic amines) is 1. The number of amides is 1. The van der Waals surface area contributed by atoms with Crippen LogP contribution in [0.2, 0.25) is 0 Å². The molecule has 6 rings (SSSR count). The minimum absolute atomic E-state index is 0.00292. The van der Waals surface area contributed by atoms with E-state index in [1.807, 2.05) is 53.8 Å². The van der Waals surface area contributed by atoms with Crippen molar-refractivity contribution in [2.24, 2.45) is 11.8 Å². The number of imidazole rings is 1. The van der Waals surface area contributed by atoms with Crippen LogP contribution < -0.4 is 0 Å². The fraction of sp³-hybridized carbons (Fsp3) is 0.348. The van der Waals surface area contributed by atoms with Crippen LogP contribution in [-0.4, -0.2) is 54.3 Å². The molecule has 4 aromatic rings. The van der Waals surface area contributed by atoms with Crippen LogP contribution in [0.4, 0.5) is 0 Å². The van der Waals surface area contributed by atoms with Crippen LogP contribution in [0.15, 0.2) is 61.2 Å². The van der Waals surface area contributed by atoms with Crippen molar-refractivity contribution >= 4 is 22.5 Å². The Balaban J connectivity index is 1.23. The quantitative estimate of drug-likeness (QED) is 0.560. The average Bonchev–Trinajstić information content (AvgIpc) is 3.49. The molecule has 1 aliphatic carbocycles. The van der Waals surface area contributed by atoms with Gasteiger partial charge in [0.25, 0.3) is 5.91 Å². The largest absolute Gasteiger partial charge is 0.391 e. The maximum atomic E-state index is 13.1. The van der Waals surface area contributed by atoms with Gasteiger partial charge in [-0.25, -0.2) is 9.50 Å².